The van der Waals surface area contributed by atoms with Crippen molar-refractivity contribution in [2.45, 2.75) is 25.8 Å². The standard InChI is InChI=1S/C23H24FN5O/c24-10-2-5-23(30)29-11-8-16(9-12-29)19-3-1-4-20(27-19)21-7-6-17-15-26-18(14-25)13-22(17)28-21/h1,3-4,6-8,13,15H,2,5,9-12,14,25H2. The van der Waals surface area contributed by atoms with E-state index in [0.29, 0.717) is 19.6 Å². The minimum Gasteiger partial charge on any atom is -0.339 e. The van der Waals surface area contributed by atoms with E-state index in [9.17, 15) is 9.18 Å². The molecule has 2 N–H and O–H groups in total. The van der Waals surface area contributed by atoms with Crippen LogP contribution in [0.4, 0.5) is 4.39 Å². The van der Waals surface area contributed by atoms with Gasteiger partial charge in [0.1, 0.15) is 0 Å². The molecule has 3 aromatic heterocycles. The molecule has 1 amide bonds. The summed E-state index contributed by atoms with van der Waals surface area (Å²) in [7, 11) is 0. The maximum Gasteiger partial charge on any atom is 0.222 e. The number of carbonyl (C=O) groups is 1. The van der Waals surface area contributed by atoms with Gasteiger partial charge in [0.2, 0.25) is 5.91 Å². The molecular formula is C23H24FN5O. The smallest absolute Gasteiger partial charge is 0.222 e. The lowest BCUT2D eigenvalue weighted by Gasteiger charge is -2.26. The Morgan fingerprint density at radius 1 is 1.13 bits per heavy atom. The summed E-state index contributed by atoms with van der Waals surface area (Å²) >= 11 is 0. The van der Waals surface area contributed by atoms with Crippen molar-refractivity contribution in [3.63, 3.8) is 0 Å². The molecule has 154 valence electrons. The third-order valence-corrected chi connectivity index (χ3v) is 5.27. The first-order valence-corrected chi connectivity index (χ1v) is 10.1. The lowest BCUT2D eigenvalue weighted by atomic mass is 10.0. The van der Waals surface area contributed by atoms with Gasteiger partial charge in [-0.25, -0.2) is 9.97 Å². The number of amides is 1. The summed E-state index contributed by atoms with van der Waals surface area (Å²) in [5, 5.41) is 0.958. The number of aromatic nitrogens is 3. The van der Waals surface area contributed by atoms with Crippen LogP contribution < -0.4 is 5.73 Å². The molecule has 0 unspecified atom stereocenters. The van der Waals surface area contributed by atoms with Gasteiger partial charge in [-0.2, -0.15) is 0 Å². The average Bonchev–Trinajstić information content (AvgIpc) is 2.82. The van der Waals surface area contributed by atoms with Gasteiger partial charge in [-0.15, -0.1) is 0 Å². The Bertz CT molecular complexity index is 1100. The number of pyridine rings is 3. The third kappa shape index (κ3) is 4.36. The fourth-order valence-electron chi connectivity index (χ4n) is 3.57. The first-order chi connectivity index (χ1) is 14.7. The molecule has 0 saturated heterocycles. The molecule has 1 aliphatic rings. The Labute approximate surface area is 174 Å². The van der Waals surface area contributed by atoms with E-state index in [4.69, 9.17) is 15.7 Å². The van der Waals surface area contributed by atoms with Gasteiger partial charge in [0.25, 0.3) is 0 Å². The summed E-state index contributed by atoms with van der Waals surface area (Å²) in [6.07, 6.45) is 5.11. The first kappa shape index (κ1) is 20.1. The maximum absolute atomic E-state index is 12.3. The fourth-order valence-corrected chi connectivity index (χ4v) is 3.57. The van der Waals surface area contributed by atoms with E-state index < -0.39 is 6.67 Å². The van der Waals surface area contributed by atoms with Crippen LogP contribution in [0, 0.1) is 0 Å². The van der Waals surface area contributed by atoms with Crippen molar-refractivity contribution < 1.29 is 9.18 Å². The Morgan fingerprint density at radius 3 is 2.73 bits per heavy atom. The van der Waals surface area contributed by atoms with Crippen LogP contribution in [-0.4, -0.2) is 45.5 Å². The Balaban J connectivity index is 1.55. The highest BCUT2D eigenvalue weighted by atomic mass is 19.1. The lowest BCUT2D eigenvalue weighted by Crippen LogP contribution is -2.34. The second-order valence-corrected chi connectivity index (χ2v) is 7.29. The molecular weight excluding hydrogens is 381 g/mol. The van der Waals surface area contributed by atoms with Gasteiger partial charge in [0.15, 0.2) is 0 Å². The molecule has 0 spiro atoms. The molecule has 0 bridgehead atoms. The number of halogens is 1. The molecule has 0 fully saturated rings. The minimum absolute atomic E-state index is 0.0105. The maximum atomic E-state index is 12.3. The molecule has 1 aliphatic heterocycles. The van der Waals surface area contributed by atoms with Gasteiger partial charge in [-0.05, 0) is 48.7 Å². The largest absolute Gasteiger partial charge is 0.339 e. The number of rotatable bonds is 6. The number of fused-ring (bicyclic) bond motifs is 1. The van der Waals surface area contributed by atoms with Crippen LogP contribution in [0.3, 0.4) is 0 Å². The van der Waals surface area contributed by atoms with E-state index >= 15 is 0 Å². The molecule has 4 rings (SSSR count). The van der Waals surface area contributed by atoms with Crippen LogP contribution in [0.5, 0.6) is 0 Å². The zero-order valence-corrected chi connectivity index (χ0v) is 16.7. The zero-order chi connectivity index (χ0) is 20.9. The second-order valence-electron chi connectivity index (χ2n) is 7.29. The molecule has 0 saturated carbocycles. The quantitative estimate of drug-likeness (QED) is 0.678. The molecule has 7 heteroatoms. The van der Waals surface area contributed by atoms with E-state index in [0.717, 1.165) is 45.7 Å². The molecule has 0 atom stereocenters. The second kappa shape index (κ2) is 9.09. The van der Waals surface area contributed by atoms with Crippen molar-refractivity contribution in [2.75, 3.05) is 19.8 Å². The highest BCUT2D eigenvalue weighted by Gasteiger charge is 2.18. The normalized spacial score (nSPS) is 14.1. The van der Waals surface area contributed by atoms with Crippen LogP contribution in [0.2, 0.25) is 0 Å². The molecule has 0 aliphatic carbocycles. The zero-order valence-electron chi connectivity index (χ0n) is 16.7. The summed E-state index contributed by atoms with van der Waals surface area (Å²) in [6, 6.07) is 11.7. The third-order valence-electron chi connectivity index (χ3n) is 5.27. The molecule has 6 nitrogen and oxygen atoms in total. The van der Waals surface area contributed by atoms with E-state index in [1.165, 1.54) is 0 Å². The topological polar surface area (TPSA) is 85.0 Å². The van der Waals surface area contributed by atoms with Crippen LogP contribution in [0.15, 0.2) is 48.7 Å². The number of hydrogen-bond donors (Lipinski definition) is 1. The predicted octanol–water partition coefficient (Wildman–Crippen LogP) is 3.52. The van der Waals surface area contributed by atoms with Gasteiger partial charge in [-0.1, -0.05) is 12.1 Å². The Kier molecular flexibility index (Phi) is 6.09. The summed E-state index contributed by atoms with van der Waals surface area (Å²) in [6.45, 7) is 1.09. The van der Waals surface area contributed by atoms with Gasteiger partial charge < -0.3 is 10.6 Å². The number of alkyl halides is 1. The minimum atomic E-state index is -0.454. The highest BCUT2D eigenvalue weighted by Crippen LogP contribution is 2.25. The van der Waals surface area contributed by atoms with Crippen LogP contribution in [0.25, 0.3) is 27.9 Å². The summed E-state index contributed by atoms with van der Waals surface area (Å²) in [5.74, 6) is 0.0105. The van der Waals surface area contributed by atoms with Crippen molar-refractivity contribution in [2.24, 2.45) is 5.73 Å². The van der Waals surface area contributed by atoms with Gasteiger partial charge in [0.05, 0.1) is 35.0 Å². The van der Waals surface area contributed by atoms with Crippen molar-refractivity contribution >= 4 is 22.4 Å². The van der Waals surface area contributed by atoms with Crippen molar-refractivity contribution in [3.05, 3.63) is 60.1 Å². The van der Waals surface area contributed by atoms with Gasteiger partial charge in [0, 0.05) is 37.6 Å². The molecule has 3 aromatic rings. The predicted molar refractivity (Wildman–Crippen MR) is 115 cm³/mol. The number of carbonyl (C=O) groups excluding carboxylic acids is 1. The van der Waals surface area contributed by atoms with E-state index in [1.54, 1.807) is 11.1 Å². The monoisotopic (exact) mass is 405 g/mol. The van der Waals surface area contributed by atoms with Crippen molar-refractivity contribution in [3.8, 4) is 11.4 Å². The summed E-state index contributed by atoms with van der Waals surface area (Å²) < 4.78 is 12.3. The Hall–Kier alpha value is -3.19. The van der Waals surface area contributed by atoms with Crippen LogP contribution >= 0.6 is 0 Å². The fraction of sp³-hybridized carbons (Fsp3) is 0.304. The number of hydrogen-bond acceptors (Lipinski definition) is 5. The summed E-state index contributed by atoms with van der Waals surface area (Å²) in [5.41, 5.74) is 10.9. The Morgan fingerprint density at radius 2 is 1.97 bits per heavy atom. The molecule has 0 radical (unpaired) electrons. The van der Waals surface area contributed by atoms with E-state index in [-0.39, 0.29) is 18.7 Å². The van der Waals surface area contributed by atoms with Crippen LogP contribution in [0.1, 0.15) is 30.7 Å². The van der Waals surface area contributed by atoms with Gasteiger partial charge in [-0.3, -0.25) is 14.2 Å². The number of nitrogens with two attached hydrogens (primary N) is 1. The lowest BCUT2D eigenvalue weighted by molar-refractivity contribution is -0.130. The summed E-state index contributed by atoms with van der Waals surface area (Å²) in [4.78, 5) is 27.7. The number of nitrogens with zero attached hydrogens (tertiary/aromatic N) is 4. The first-order valence-electron chi connectivity index (χ1n) is 10.1. The molecule has 4 heterocycles. The van der Waals surface area contributed by atoms with Crippen LogP contribution in [-0.2, 0) is 11.3 Å². The highest BCUT2D eigenvalue weighted by molar-refractivity contribution is 5.81. The van der Waals surface area contributed by atoms with Crippen molar-refractivity contribution in [1.82, 2.24) is 19.9 Å². The van der Waals surface area contributed by atoms with Gasteiger partial charge >= 0.3 is 0 Å². The average molecular weight is 405 g/mol. The SMILES string of the molecule is NCc1cc2nc(-c3cccc(C4=CCN(C(=O)CCCF)CC4)n3)ccc2cn1. The van der Waals surface area contributed by atoms with E-state index in [1.807, 2.05) is 42.5 Å². The molecule has 0 aromatic carbocycles. The van der Waals surface area contributed by atoms with E-state index in [2.05, 4.69) is 4.98 Å². The van der Waals surface area contributed by atoms with Crippen molar-refractivity contribution in [1.29, 1.82) is 0 Å². The molecule has 30 heavy (non-hydrogen) atoms.